The van der Waals surface area contributed by atoms with Crippen molar-refractivity contribution in [3.8, 4) is 0 Å². The average Bonchev–Trinajstić information content (AvgIpc) is 3.20. The summed E-state index contributed by atoms with van der Waals surface area (Å²) in [6.07, 6.45) is 10.3. The Morgan fingerprint density at radius 2 is 1.97 bits per heavy atom. The number of hydrogen-bond donors (Lipinski definition) is 1. The molecule has 5 atom stereocenters. The third-order valence-electron chi connectivity index (χ3n) is 9.12. The summed E-state index contributed by atoms with van der Waals surface area (Å²) in [4.78, 5) is 0. The van der Waals surface area contributed by atoms with Gasteiger partial charge in [-0.2, -0.15) is 8.78 Å². The van der Waals surface area contributed by atoms with Gasteiger partial charge in [0.15, 0.2) is 5.83 Å². The second-order valence-electron chi connectivity index (χ2n) is 10.7. The molecule has 2 fully saturated rings. The predicted octanol–water partition coefficient (Wildman–Crippen LogP) is 8.03. The number of allylic oxidation sites excluding steroid dienone is 1. The van der Waals surface area contributed by atoms with Gasteiger partial charge in [-0.3, -0.25) is 0 Å². The van der Waals surface area contributed by atoms with Gasteiger partial charge in [-0.05, 0) is 97.1 Å². The lowest BCUT2D eigenvalue weighted by Gasteiger charge is -2.57. The topological polar surface area (TPSA) is 20.2 Å². The lowest BCUT2D eigenvalue weighted by atomic mass is 9.47. The minimum atomic E-state index is -2.41. The van der Waals surface area contributed by atoms with Crippen LogP contribution >= 0.6 is 0 Å². The first-order chi connectivity index (χ1) is 15.3. The van der Waals surface area contributed by atoms with Crippen molar-refractivity contribution >= 4 is 0 Å². The minimum absolute atomic E-state index is 0.0402. The van der Waals surface area contributed by atoms with Crippen molar-refractivity contribution in [3.63, 3.8) is 0 Å². The van der Waals surface area contributed by atoms with Crippen LogP contribution in [0.1, 0.15) is 93.7 Å². The van der Waals surface area contributed by atoms with E-state index in [-0.39, 0.29) is 11.8 Å². The number of benzene rings is 1. The van der Waals surface area contributed by atoms with E-state index in [1.807, 2.05) is 0 Å². The molecule has 0 heterocycles. The van der Waals surface area contributed by atoms with Crippen LogP contribution < -0.4 is 0 Å². The van der Waals surface area contributed by atoms with Crippen molar-refractivity contribution in [1.29, 1.82) is 0 Å². The highest BCUT2D eigenvalue weighted by atomic mass is 19.3. The predicted molar refractivity (Wildman–Crippen MR) is 123 cm³/mol. The van der Waals surface area contributed by atoms with Crippen LogP contribution in [0.5, 0.6) is 0 Å². The molecule has 1 nitrogen and oxygen atoms in total. The van der Waals surface area contributed by atoms with Crippen LogP contribution in [0.4, 0.5) is 13.2 Å². The van der Waals surface area contributed by atoms with Crippen LogP contribution in [-0.2, 0) is 12.8 Å². The van der Waals surface area contributed by atoms with Crippen molar-refractivity contribution < 1.29 is 18.3 Å². The van der Waals surface area contributed by atoms with E-state index in [1.54, 1.807) is 5.56 Å². The van der Waals surface area contributed by atoms with Gasteiger partial charge in [-0.25, -0.2) is 4.39 Å². The van der Waals surface area contributed by atoms with Crippen LogP contribution in [0.25, 0.3) is 0 Å². The molecule has 3 aliphatic rings. The average molecular weight is 447 g/mol. The van der Waals surface area contributed by atoms with Crippen LogP contribution in [0, 0.1) is 16.7 Å². The fraction of sp³-hybridized carbons (Fsp3) is 0.643. The molecule has 3 aliphatic carbocycles. The molecule has 0 bridgehead atoms. The maximum absolute atomic E-state index is 13.1. The first-order valence-corrected chi connectivity index (χ1v) is 12.5. The zero-order valence-corrected chi connectivity index (χ0v) is 19.3. The Bertz CT molecular complexity index is 873. The van der Waals surface area contributed by atoms with E-state index < -0.39 is 18.0 Å². The monoisotopic (exact) mass is 446 g/mol. The summed E-state index contributed by atoms with van der Waals surface area (Å²) >= 11 is 0. The summed E-state index contributed by atoms with van der Waals surface area (Å²) < 4.78 is 37.6. The first-order valence-electron chi connectivity index (χ1n) is 12.5. The second kappa shape index (κ2) is 9.37. The number of aliphatic hydroxyl groups excluding tert-OH is 1. The standard InChI is InChI=1S/C28H37F3O/c1-3-28-18-14-20-11-7-10-19(9-5-4-6-12-22(32)25(29)26(30)31)24(20)21(28)15-17-27(2)16-8-13-23(27)28/h3,7,10-11,21-23,32H,1,4-6,8-9,12-18H2,2H3/t21-,22?,23-,27+,28-/m1/s1. The number of aryl methyl sites for hydroxylation is 2. The molecule has 0 saturated heterocycles. The van der Waals surface area contributed by atoms with Gasteiger partial charge in [0, 0.05) is 0 Å². The number of aliphatic hydroxyl groups is 1. The maximum Gasteiger partial charge on any atom is 0.304 e. The largest absolute Gasteiger partial charge is 0.386 e. The lowest BCUT2D eigenvalue weighted by Crippen LogP contribution is -2.48. The SMILES string of the molecule is C=C[C@@]12CCc3cccc(CCCCCC(O)C(F)=C(F)F)c3[C@H]1CC[C@]1(C)CCC[C@H]12. The molecule has 1 aromatic rings. The maximum atomic E-state index is 13.1. The van der Waals surface area contributed by atoms with Crippen molar-refractivity contribution in [2.24, 2.45) is 16.7 Å². The molecule has 1 unspecified atom stereocenters. The highest BCUT2D eigenvalue weighted by Crippen LogP contribution is 2.67. The van der Waals surface area contributed by atoms with E-state index in [4.69, 9.17) is 0 Å². The molecule has 1 N–H and O–H groups in total. The Balaban J connectivity index is 1.47. The molecular formula is C28H37F3O. The van der Waals surface area contributed by atoms with Crippen LogP contribution in [-0.4, -0.2) is 11.2 Å². The summed E-state index contributed by atoms with van der Waals surface area (Å²) in [5, 5.41) is 9.52. The van der Waals surface area contributed by atoms with E-state index >= 15 is 0 Å². The number of unbranched alkanes of at least 4 members (excludes halogenated alkanes) is 2. The van der Waals surface area contributed by atoms with Crippen molar-refractivity contribution in [2.45, 2.75) is 96.0 Å². The quantitative estimate of drug-likeness (QED) is 0.316. The summed E-state index contributed by atoms with van der Waals surface area (Å²) in [5.74, 6) is -0.406. The van der Waals surface area contributed by atoms with E-state index in [1.165, 1.54) is 49.7 Å². The summed E-state index contributed by atoms with van der Waals surface area (Å²) in [6, 6.07) is 6.73. The molecule has 0 spiro atoms. The number of halogens is 3. The van der Waals surface area contributed by atoms with Crippen LogP contribution in [0.15, 0.2) is 42.8 Å². The molecule has 0 aliphatic heterocycles. The Hall–Kier alpha value is -1.55. The molecule has 32 heavy (non-hydrogen) atoms. The Kier molecular flexibility index (Phi) is 6.91. The highest BCUT2D eigenvalue weighted by Gasteiger charge is 2.57. The van der Waals surface area contributed by atoms with E-state index in [9.17, 15) is 18.3 Å². The van der Waals surface area contributed by atoms with Gasteiger partial charge in [-0.15, -0.1) is 6.58 Å². The molecule has 2 saturated carbocycles. The summed E-state index contributed by atoms with van der Waals surface area (Å²) in [7, 11) is 0. The molecule has 0 aromatic heterocycles. The third-order valence-corrected chi connectivity index (χ3v) is 9.12. The number of hydrogen-bond acceptors (Lipinski definition) is 1. The fourth-order valence-corrected chi connectivity index (χ4v) is 7.57. The van der Waals surface area contributed by atoms with Gasteiger partial charge < -0.3 is 5.11 Å². The molecule has 0 amide bonds. The highest BCUT2D eigenvalue weighted by molar-refractivity contribution is 5.44. The molecule has 1 aromatic carbocycles. The summed E-state index contributed by atoms with van der Waals surface area (Å²) in [6.45, 7) is 6.88. The number of rotatable bonds is 8. The number of fused-ring (bicyclic) bond motifs is 5. The fourth-order valence-electron chi connectivity index (χ4n) is 7.57. The zero-order chi connectivity index (χ0) is 22.9. The van der Waals surface area contributed by atoms with Gasteiger partial charge in [-0.1, -0.05) is 50.5 Å². The Labute approximate surface area is 190 Å². The Morgan fingerprint density at radius 3 is 2.72 bits per heavy atom. The van der Waals surface area contributed by atoms with Gasteiger partial charge in [0.25, 0.3) is 0 Å². The van der Waals surface area contributed by atoms with Gasteiger partial charge in [0.05, 0.1) is 0 Å². The van der Waals surface area contributed by atoms with Crippen molar-refractivity contribution in [1.82, 2.24) is 0 Å². The second-order valence-corrected chi connectivity index (χ2v) is 10.7. The zero-order valence-electron chi connectivity index (χ0n) is 19.3. The molecule has 4 heteroatoms. The van der Waals surface area contributed by atoms with Crippen LogP contribution in [0.2, 0.25) is 0 Å². The van der Waals surface area contributed by atoms with Gasteiger partial charge in [0.2, 0.25) is 0 Å². The third kappa shape index (κ3) is 4.08. The van der Waals surface area contributed by atoms with Gasteiger partial charge in [0.1, 0.15) is 6.10 Å². The van der Waals surface area contributed by atoms with Gasteiger partial charge >= 0.3 is 6.08 Å². The first kappa shape index (κ1) is 23.6. The lowest BCUT2D eigenvalue weighted by molar-refractivity contribution is 0.00428. The van der Waals surface area contributed by atoms with E-state index in [2.05, 4.69) is 37.8 Å². The minimum Gasteiger partial charge on any atom is -0.386 e. The van der Waals surface area contributed by atoms with Crippen molar-refractivity contribution in [2.75, 3.05) is 0 Å². The molecule has 4 rings (SSSR count). The molecule has 176 valence electrons. The van der Waals surface area contributed by atoms with E-state index in [0.29, 0.717) is 17.8 Å². The van der Waals surface area contributed by atoms with E-state index in [0.717, 1.165) is 31.6 Å². The normalized spacial score (nSPS) is 31.9. The summed E-state index contributed by atoms with van der Waals surface area (Å²) in [5.41, 5.74) is 5.13. The van der Waals surface area contributed by atoms with Crippen molar-refractivity contribution in [3.05, 3.63) is 59.5 Å². The smallest absolute Gasteiger partial charge is 0.304 e. The molecular weight excluding hydrogens is 409 g/mol. The van der Waals surface area contributed by atoms with Crippen LogP contribution in [0.3, 0.4) is 0 Å². The molecule has 0 radical (unpaired) electrons. The Morgan fingerprint density at radius 1 is 1.16 bits per heavy atom.